The molecule has 1 saturated heterocycles. The Morgan fingerprint density at radius 2 is 1.74 bits per heavy atom. The van der Waals surface area contributed by atoms with Crippen molar-refractivity contribution in [3.05, 3.63) is 78.0 Å². The molecule has 0 bridgehead atoms. The minimum atomic E-state index is -5.11. The van der Waals surface area contributed by atoms with Crippen LogP contribution in [0.1, 0.15) is 18.4 Å². The number of hydrogen-bond donors (Lipinski definition) is 0. The largest absolute Gasteiger partial charge is 0.490 e. The number of aromatic nitrogens is 1. The van der Waals surface area contributed by atoms with Gasteiger partial charge in [0.25, 0.3) is 0 Å². The summed E-state index contributed by atoms with van der Waals surface area (Å²) in [6.45, 7) is 0.859. The summed E-state index contributed by atoms with van der Waals surface area (Å²) in [5.41, 5.74) is 3.15. The third-order valence-electron chi connectivity index (χ3n) is 7.44. The summed E-state index contributed by atoms with van der Waals surface area (Å²) in [5, 5.41) is 10.4. The molecular weight excluding hydrogens is 613 g/mol. The molecule has 1 fully saturated rings. The number of esters is 1. The number of hydrogen-bond acceptors (Lipinski definition) is 8. The maximum atomic E-state index is 14.4. The van der Waals surface area contributed by atoms with E-state index < -0.39 is 29.9 Å². The Labute approximate surface area is 260 Å². The van der Waals surface area contributed by atoms with Crippen molar-refractivity contribution >= 4 is 22.6 Å². The van der Waals surface area contributed by atoms with Crippen molar-refractivity contribution in [2.75, 3.05) is 45.1 Å². The second-order valence-corrected chi connectivity index (χ2v) is 10.5. The summed E-state index contributed by atoms with van der Waals surface area (Å²) in [6, 6.07) is 15.6. The van der Waals surface area contributed by atoms with E-state index in [1.807, 2.05) is 11.0 Å². The number of carbonyl (C=O) groups is 1. The molecule has 1 aliphatic rings. The van der Waals surface area contributed by atoms with Crippen LogP contribution in [0.3, 0.4) is 0 Å². The van der Waals surface area contributed by atoms with E-state index in [-0.39, 0.29) is 56.2 Å². The number of nitrogens with zero attached hydrogens (tertiary/aromatic N) is 3. The fourth-order valence-electron chi connectivity index (χ4n) is 5.33. The number of ether oxygens (including phenoxy) is 4. The average molecular weight is 642 g/mol. The first kappa shape index (κ1) is 32.6. The van der Waals surface area contributed by atoms with E-state index in [9.17, 15) is 32.0 Å². The Bertz CT molecular complexity index is 1750. The van der Waals surface area contributed by atoms with Crippen LogP contribution in [-0.4, -0.2) is 63.4 Å². The van der Waals surface area contributed by atoms with Crippen LogP contribution in [0.2, 0.25) is 0 Å². The Morgan fingerprint density at radius 1 is 1.00 bits per heavy atom. The fourth-order valence-corrected chi connectivity index (χ4v) is 5.33. The predicted octanol–water partition coefficient (Wildman–Crippen LogP) is 6.79. The highest BCUT2D eigenvalue weighted by molar-refractivity contribution is 6.02. The van der Waals surface area contributed by atoms with E-state index in [1.54, 1.807) is 30.3 Å². The summed E-state index contributed by atoms with van der Waals surface area (Å²) < 4.78 is 88.1. The van der Waals surface area contributed by atoms with Crippen molar-refractivity contribution in [3.8, 4) is 34.1 Å². The third kappa shape index (κ3) is 7.35. The number of para-hydroxylation sites is 1. The van der Waals surface area contributed by atoms with Gasteiger partial charge in [0, 0.05) is 61.8 Å². The summed E-state index contributed by atoms with van der Waals surface area (Å²) in [5.74, 6) is -3.56. The summed E-state index contributed by atoms with van der Waals surface area (Å²) in [6.07, 6.45) is -4.39. The van der Waals surface area contributed by atoms with Crippen LogP contribution in [0, 0.1) is 23.0 Å². The number of piperidine rings is 1. The van der Waals surface area contributed by atoms with Crippen LogP contribution >= 0.6 is 0 Å². The van der Waals surface area contributed by atoms with Gasteiger partial charge in [-0.2, -0.15) is 18.4 Å². The highest BCUT2D eigenvalue weighted by Crippen LogP contribution is 2.42. The van der Waals surface area contributed by atoms with Crippen molar-refractivity contribution < 1.29 is 45.7 Å². The normalized spacial score (nSPS) is 13.9. The van der Waals surface area contributed by atoms with Crippen molar-refractivity contribution in [1.82, 2.24) is 4.98 Å². The van der Waals surface area contributed by atoms with Crippen molar-refractivity contribution in [2.24, 2.45) is 0 Å². The molecule has 0 saturated carbocycles. The molecule has 0 spiro atoms. The molecule has 0 amide bonds. The number of nitriles is 1. The second kappa shape index (κ2) is 14.1. The first-order valence-electron chi connectivity index (χ1n) is 14.2. The minimum absolute atomic E-state index is 0.0908. The molecule has 240 valence electrons. The number of carbonyl (C=O) groups excluding carboxylic acids is 1. The van der Waals surface area contributed by atoms with E-state index in [2.05, 4.69) is 15.8 Å². The van der Waals surface area contributed by atoms with Crippen LogP contribution in [-0.2, 0) is 19.0 Å². The van der Waals surface area contributed by atoms with Crippen LogP contribution in [0.25, 0.3) is 33.2 Å². The highest BCUT2D eigenvalue weighted by Gasteiger charge is 2.42. The number of anilines is 1. The highest BCUT2D eigenvalue weighted by atomic mass is 19.4. The molecule has 0 aliphatic carbocycles. The Hall–Kier alpha value is -4.80. The molecule has 0 atom stereocenters. The molecule has 3 aromatic carbocycles. The van der Waals surface area contributed by atoms with Crippen LogP contribution in [0.15, 0.2) is 60.8 Å². The molecule has 46 heavy (non-hydrogen) atoms. The van der Waals surface area contributed by atoms with Gasteiger partial charge in [-0.15, -0.1) is 0 Å². The standard InChI is InChI=1S/C33H28F5N3O5/c1-43-11-12-44-19-45-31-21(17-39)3-2-4-26(31)20-5-6-29-27(15-20)30(28(18-40-29)22-13-23(34)16-24(35)14-22)41-9-7-25(8-10-41)46-32(42)33(36,37)38/h2-6,13-16,18,25H,7-12,19H2,1H3. The molecule has 0 radical (unpaired) electrons. The zero-order valence-electron chi connectivity index (χ0n) is 24.6. The molecule has 1 aliphatic heterocycles. The van der Waals surface area contributed by atoms with Crippen LogP contribution in [0.4, 0.5) is 27.6 Å². The fraction of sp³-hybridized carbons (Fsp3) is 0.303. The lowest BCUT2D eigenvalue weighted by Gasteiger charge is -2.35. The average Bonchev–Trinajstić information content (AvgIpc) is 3.03. The van der Waals surface area contributed by atoms with Gasteiger partial charge in [0.05, 0.1) is 30.0 Å². The van der Waals surface area contributed by atoms with Gasteiger partial charge >= 0.3 is 12.1 Å². The lowest BCUT2D eigenvalue weighted by atomic mass is 9.95. The molecule has 0 N–H and O–H groups in total. The number of pyridine rings is 1. The lowest BCUT2D eigenvalue weighted by Crippen LogP contribution is -2.40. The first-order valence-corrected chi connectivity index (χ1v) is 14.2. The van der Waals surface area contributed by atoms with E-state index in [0.717, 1.165) is 6.07 Å². The summed E-state index contributed by atoms with van der Waals surface area (Å²) in [7, 11) is 1.54. The minimum Gasteiger partial charge on any atom is -0.466 e. The van der Waals surface area contributed by atoms with Crippen LogP contribution < -0.4 is 9.64 Å². The molecule has 13 heteroatoms. The lowest BCUT2D eigenvalue weighted by molar-refractivity contribution is -0.205. The third-order valence-corrected chi connectivity index (χ3v) is 7.44. The molecular formula is C33H28F5N3O5. The summed E-state index contributed by atoms with van der Waals surface area (Å²) in [4.78, 5) is 17.8. The quantitative estimate of drug-likeness (QED) is 0.0809. The maximum absolute atomic E-state index is 14.4. The molecule has 2 heterocycles. The van der Waals surface area contributed by atoms with E-state index >= 15 is 0 Å². The number of fused-ring (bicyclic) bond motifs is 1. The Kier molecular flexibility index (Phi) is 9.99. The number of benzene rings is 3. The molecule has 4 aromatic rings. The van der Waals surface area contributed by atoms with Gasteiger partial charge in [-0.05, 0) is 41.5 Å². The van der Waals surface area contributed by atoms with Gasteiger partial charge in [0.15, 0.2) is 6.79 Å². The zero-order chi connectivity index (χ0) is 32.8. The van der Waals surface area contributed by atoms with Gasteiger partial charge in [0.2, 0.25) is 0 Å². The number of methoxy groups -OCH3 is 1. The van der Waals surface area contributed by atoms with E-state index in [0.29, 0.717) is 39.9 Å². The Balaban J connectivity index is 1.58. The topological polar surface area (TPSA) is 93.9 Å². The van der Waals surface area contributed by atoms with Crippen LogP contribution in [0.5, 0.6) is 5.75 Å². The molecule has 8 nitrogen and oxygen atoms in total. The SMILES string of the molecule is COCCOCOc1c(C#N)cccc1-c1ccc2ncc(-c3cc(F)cc(F)c3)c(N3CCC(OC(=O)C(F)(F)F)CC3)c2c1. The van der Waals surface area contributed by atoms with Crippen molar-refractivity contribution in [3.63, 3.8) is 0 Å². The summed E-state index contributed by atoms with van der Waals surface area (Å²) >= 11 is 0. The van der Waals surface area contributed by atoms with Gasteiger partial charge in [-0.25, -0.2) is 13.6 Å². The monoisotopic (exact) mass is 641 g/mol. The first-order chi connectivity index (χ1) is 22.1. The number of halogens is 5. The van der Waals surface area contributed by atoms with E-state index in [1.165, 1.54) is 25.4 Å². The molecule has 5 rings (SSSR count). The van der Waals surface area contributed by atoms with Crippen molar-refractivity contribution in [2.45, 2.75) is 25.1 Å². The van der Waals surface area contributed by atoms with Gasteiger partial charge in [-0.3, -0.25) is 4.98 Å². The van der Waals surface area contributed by atoms with Gasteiger partial charge in [-0.1, -0.05) is 18.2 Å². The zero-order valence-corrected chi connectivity index (χ0v) is 24.6. The predicted molar refractivity (Wildman–Crippen MR) is 158 cm³/mol. The Morgan fingerprint density at radius 3 is 2.41 bits per heavy atom. The van der Waals surface area contributed by atoms with E-state index in [4.69, 9.17) is 14.2 Å². The van der Waals surface area contributed by atoms with Gasteiger partial charge < -0.3 is 23.8 Å². The second-order valence-electron chi connectivity index (χ2n) is 10.5. The number of alkyl halides is 3. The van der Waals surface area contributed by atoms with Crippen molar-refractivity contribution in [1.29, 1.82) is 5.26 Å². The molecule has 1 aromatic heterocycles. The maximum Gasteiger partial charge on any atom is 0.490 e. The molecule has 0 unspecified atom stereocenters. The smallest absolute Gasteiger partial charge is 0.466 e. The van der Waals surface area contributed by atoms with Gasteiger partial charge in [0.1, 0.15) is 29.6 Å². The number of rotatable bonds is 10.